The molecule has 0 radical (unpaired) electrons. The lowest BCUT2D eigenvalue weighted by Crippen LogP contribution is -2.01. The van der Waals surface area contributed by atoms with Crippen molar-refractivity contribution in [2.45, 2.75) is 24.7 Å². The third-order valence-corrected chi connectivity index (χ3v) is 3.77. The van der Waals surface area contributed by atoms with Gasteiger partial charge < -0.3 is 4.98 Å². The third kappa shape index (κ3) is 2.48. The second-order valence-corrected chi connectivity index (χ2v) is 5.47. The van der Waals surface area contributed by atoms with Crippen molar-refractivity contribution in [3.63, 3.8) is 0 Å². The molecule has 2 nitrogen and oxygen atoms in total. The van der Waals surface area contributed by atoms with Crippen molar-refractivity contribution >= 4 is 24.0 Å². The molecule has 1 aromatic carbocycles. The van der Waals surface area contributed by atoms with Gasteiger partial charge in [0, 0.05) is 22.5 Å². The summed E-state index contributed by atoms with van der Waals surface area (Å²) in [4.78, 5) is 4.38. The Kier molecular flexibility index (Phi) is 3.74. The zero-order chi connectivity index (χ0) is 12.4. The summed E-state index contributed by atoms with van der Waals surface area (Å²) in [5.74, 6) is 0.447. The van der Waals surface area contributed by atoms with Crippen LogP contribution in [0.25, 0.3) is 5.69 Å². The monoisotopic (exact) mass is 264 g/mol. The third-order valence-electron chi connectivity index (χ3n) is 2.73. The molecule has 0 aliphatic rings. The average Bonchev–Trinajstić information content (AvgIpc) is 2.71. The number of nitrogens with one attached hydrogen (secondary N) is 1. The molecular formula is C13H16N2S2. The topological polar surface area (TPSA) is 20.7 Å². The van der Waals surface area contributed by atoms with E-state index in [1.165, 1.54) is 10.6 Å². The molecule has 0 aliphatic heterocycles. The summed E-state index contributed by atoms with van der Waals surface area (Å²) in [5.41, 5.74) is 2.34. The number of H-pyrrole nitrogens is 1. The number of rotatable bonds is 3. The first-order chi connectivity index (χ1) is 8.13. The summed E-state index contributed by atoms with van der Waals surface area (Å²) in [6, 6.07) is 8.47. The Morgan fingerprint density at radius 1 is 1.24 bits per heavy atom. The Morgan fingerprint density at radius 3 is 2.41 bits per heavy atom. The van der Waals surface area contributed by atoms with E-state index in [2.05, 4.69) is 53.9 Å². The van der Waals surface area contributed by atoms with E-state index >= 15 is 0 Å². The molecule has 0 bridgehead atoms. The second kappa shape index (κ2) is 5.10. The number of nitrogens with zero attached hydrogens (tertiary/aromatic N) is 1. The second-order valence-electron chi connectivity index (χ2n) is 4.21. The highest BCUT2D eigenvalue weighted by atomic mass is 32.2. The minimum atomic E-state index is 0.447. The maximum atomic E-state index is 5.34. The maximum Gasteiger partial charge on any atom is 0.182 e. The van der Waals surface area contributed by atoms with Crippen molar-refractivity contribution in [2.24, 2.45) is 0 Å². The number of aromatic amines is 1. The van der Waals surface area contributed by atoms with E-state index in [9.17, 15) is 0 Å². The smallest absolute Gasteiger partial charge is 0.182 e. The van der Waals surface area contributed by atoms with Gasteiger partial charge >= 0.3 is 0 Å². The average molecular weight is 264 g/mol. The van der Waals surface area contributed by atoms with Crippen LogP contribution in [0.1, 0.15) is 25.5 Å². The fraction of sp³-hybridized carbons (Fsp3) is 0.308. The molecular weight excluding hydrogens is 248 g/mol. The van der Waals surface area contributed by atoms with Crippen LogP contribution in [0.4, 0.5) is 0 Å². The minimum Gasteiger partial charge on any atom is -0.337 e. The standard InChI is InChI=1S/C13H16N2S2/c1-9(2)12-8-14-13(16)15(12)10-4-6-11(17-3)7-5-10/h4-9H,1-3H3,(H,14,16). The molecule has 0 saturated carbocycles. The van der Waals surface area contributed by atoms with Crippen LogP contribution >= 0.6 is 24.0 Å². The van der Waals surface area contributed by atoms with Gasteiger partial charge in [-0.25, -0.2) is 0 Å². The first-order valence-electron chi connectivity index (χ1n) is 5.58. The molecule has 0 unspecified atom stereocenters. The minimum absolute atomic E-state index is 0.447. The first-order valence-corrected chi connectivity index (χ1v) is 7.21. The van der Waals surface area contributed by atoms with Gasteiger partial charge in [-0.15, -0.1) is 11.8 Å². The molecule has 4 heteroatoms. The van der Waals surface area contributed by atoms with Gasteiger partial charge in [-0.3, -0.25) is 4.57 Å². The number of aromatic nitrogens is 2. The molecule has 1 heterocycles. The van der Waals surface area contributed by atoms with Crippen LogP contribution in [0.5, 0.6) is 0 Å². The highest BCUT2D eigenvalue weighted by Gasteiger charge is 2.09. The molecule has 0 spiro atoms. The Balaban J connectivity index is 2.51. The van der Waals surface area contributed by atoms with Crippen LogP contribution < -0.4 is 0 Å². The van der Waals surface area contributed by atoms with Crippen LogP contribution in [-0.2, 0) is 0 Å². The van der Waals surface area contributed by atoms with Crippen molar-refractivity contribution in [1.82, 2.24) is 9.55 Å². The van der Waals surface area contributed by atoms with Crippen LogP contribution in [0, 0.1) is 4.77 Å². The van der Waals surface area contributed by atoms with E-state index in [0.717, 1.165) is 10.5 Å². The molecule has 2 rings (SSSR count). The summed E-state index contributed by atoms with van der Waals surface area (Å²) >= 11 is 7.08. The number of imidazole rings is 1. The Morgan fingerprint density at radius 2 is 1.88 bits per heavy atom. The van der Waals surface area contributed by atoms with Gasteiger partial charge in [-0.1, -0.05) is 13.8 Å². The number of hydrogen-bond acceptors (Lipinski definition) is 2. The van der Waals surface area contributed by atoms with Crippen LogP contribution in [-0.4, -0.2) is 15.8 Å². The fourth-order valence-electron chi connectivity index (χ4n) is 1.80. The molecule has 0 fully saturated rings. The number of hydrogen-bond donors (Lipinski definition) is 1. The molecule has 0 amide bonds. The van der Waals surface area contributed by atoms with Gasteiger partial charge in [0.25, 0.3) is 0 Å². The molecule has 1 N–H and O–H groups in total. The molecule has 1 aromatic heterocycles. The lowest BCUT2D eigenvalue weighted by Gasteiger charge is -2.11. The zero-order valence-corrected chi connectivity index (χ0v) is 11.9. The van der Waals surface area contributed by atoms with Crippen LogP contribution in [0.3, 0.4) is 0 Å². The molecule has 0 atom stereocenters. The normalized spacial score (nSPS) is 11.1. The fourth-order valence-corrected chi connectivity index (χ4v) is 2.48. The van der Waals surface area contributed by atoms with Gasteiger partial charge in [0.05, 0.1) is 0 Å². The van der Waals surface area contributed by atoms with E-state index in [-0.39, 0.29) is 0 Å². The molecule has 0 saturated heterocycles. The van der Waals surface area contributed by atoms with Gasteiger partial charge in [-0.05, 0) is 48.7 Å². The predicted molar refractivity (Wildman–Crippen MR) is 76.8 cm³/mol. The highest BCUT2D eigenvalue weighted by molar-refractivity contribution is 7.98. The van der Waals surface area contributed by atoms with Crippen LogP contribution in [0.2, 0.25) is 0 Å². The van der Waals surface area contributed by atoms with Gasteiger partial charge in [-0.2, -0.15) is 0 Å². The SMILES string of the molecule is CSc1ccc(-n2c(C(C)C)c[nH]c2=S)cc1. The van der Waals surface area contributed by atoms with Crippen molar-refractivity contribution < 1.29 is 0 Å². The van der Waals surface area contributed by atoms with Gasteiger partial charge in [0.2, 0.25) is 0 Å². The van der Waals surface area contributed by atoms with Gasteiger partial charge in [0.15, 0.2) is 4.77 Å². The van der Waals surface area contributed by atoms with Crippen molar-refractivity contribution in [1.29, 1.82) is 0 Å². The van der Waals surface area contributed by atoms with E-state index < -0.39 is 0 Å². The Labute approximate surface area is 111 Å². The molecule has 90 valence electrons. The quantitative estimate of drug-likeness (QED) is 0.656. The summed E-state index contributed by atoms with van der Waals surface area (Å²) in [7, 11) is 0. The zero-order valence-electron chi connectivity index (χ0n) is 10.2. The first kappa shape index (κ1) is 12.5. The lowest BCUT2D eigenvalue weighted by atomic mass is 10.1. The predicted octanol–water partition coefficient (Wildman–Crippen LogP) is 4.38. The number of benzene rings is 1. The Bertz CT molecular complexity index is 550. The van der Waals surface area contributed by atoms with Crippen LogP contribution in [0.15, 0.2) is 35.4 Å². The summed E-state index contributed by atoms with van der Waals surface area (Å²) < 4.78 is 2.86. The summed E-state index contributed by atoms with van der Waals surface area (Å²) in [6.07, 6.45) is 4.08. The van der Waals surface area contributed by atoms with Crippen molar-refractivity contribution in [2.75, 3.05) is 6.26 Å². The molecule has 2 aromatic rings. The van der Waals surface area contributed by atoms with E-state index in [0.29, 0.717) is 5.92 Å². The van der Waals surface area contributed by atoms with E-state index in [1.54, 1.807) is 11.8 Å². The van der Waals surface area contributed by atoms with Gasteiger partial charge in [0.1, 0.15) is 0 Å². The number of thioether (sulfide) groups is 1. The largest absolute Gasteiger partial charge is 0.337 e. The summed E-state index contributed by atoms with van der Waals surface area (Å²) in [5, 5.41) is 0. The van der Waals surface area contributed by atoms with E-state index in [1.807, 2.05) is 6.20 Å². The van der Waals surface area contributed by atoms with E-state index in [4.69, 9.17) is 12.2 Å². The highest BCUT2D eigenvalue weighted by Crippen LogP contribution is 2.22. The van der Waals surface area contributed by atoms with Crippen molar-refractivity contribution in [3.05, 3.63) is 40.9 Å². The Hall–Kier alpha value is -1.00. The van der Waals surface area contributed by atoms with Crippen molar-refractivity contribution in [3.8, 4) is 5.69 Å². The lowest BCUT2D eigenvalue weighted by molar-refractivity contribution is 0.783. The summed E-state index contributed by atoms with van der Waals surface area (Å²) in [6.45, 7) is 4.34. The maximum absolute atomic E-state index is 5.34. The molecule has 17 heavy (non-hydrogen) atoms. The molecule has 0 aliphatic carbocycles.